The van der Waals surface area contributed by atoms with Gasteiger partial charge in [0.15, 0.2) is 5.78 Å². The summed E-state index contributed by atoms with van der Waals surface area (Å²) in [6, 6.07) is 0. The fourth-order valence-corrected chi connectivity index (χ4v) is 1.07. The predicted octanol–water partition coefficient (Wildman–Crippen LogP) is 0.670. The van der Waals surface area contributed by atoms with Gasteiger partial charge in [-0.05, 0) is 32.9 Å². The van der Waals surface area contributed by atoms with Gasteiger partial charge in [-0.2, -0.15) is 0 Å². The molecule has 1 aliphatic carbocycles. The van der Waals surface area contributed by atoms with Gasteiger partial charge in [-0.3, -0.25) is 4.79 Å². The molecule has 0 saturated carbocycles. The first-order chi connectivity index (χ1) is 5.40. The minimum Gasteiger partial charge on any atom is -0.382 e. The third kappa shape index (κ3) is 2.16. The Bertz CT molecular complexity index is 212. The number of carbonyl (C=O) groups excluding carboxylic acids is 1. The fraction of sp³-hybridized carbons (Fsp3) is 0.667. The van der Waals surface area contributed by atoms with E-state index in [4.69, 9.17) is 4.74 Å². The summed E-state index contributed by atoms with van der Waals surface area (Å²) in [5.41, 5.74) is -0.333. The molecule has 3 heteroatoms. The van der Waals surface area contributed by atoms with E-state index in [2.05, 4.69) is 0 Å². The summed E-state index contributed by atoms with van der Waals surface area (Å²) in [5.74, 6) is -0.274. The van der Waals surface area contributed by atoms with Crippen molar-refractivity contribution in [1.29, 1.82) is 0 Å². The molecule has 1 N–H and O–H groups in total. The molecule has 68 valence electrons. The summed E-state index contributed by atoms with van der Waals surface area (Å²) in [4.78, 5) is 10.9. The maximum Gasteiger partial charge on any atom is 0.186 e. The maximum atomic E-state index is 10.9. The Morgan fingerprint density at radius 1 is 1.50 bits per heavy atom. The Balaban J connectivity index is 2.56. The molecule has 0 fully saturated rings. The van der Waals surface area contributed by atoms with Gasteiger partial charge in [0, 0.05) is 0 Å². The Morgan fingerprint density at radius 3 is 2.42 bits per heavy atom. The van der Waals surface area contributed by atoms with E-state index >= 15 is 0 Å². The molecule has 0 aromatic rings. The number of aliphatic hydroxyl groups is 1. The molecule has 0 heterocycles. The van der Waals surface area contributed by atoms with E-state index in [9.17, 15) is 9.90 Å². The van der Waals surface area contributed by atoms with Crippen LogP contribution < -0.4 is 0 Å². The van der Waals surface area contributed by atoms with E-state index in [1.807, 2.05) is 20.8 Å². The van der Waals surface area contributed by atoms with Crippen LogP contribution in [0.4, 0.5) is 0 Å². The first kappa shape index (κ1) is 9.42. The topological polar surface area (TPSA) is 46.5 Å². The zero-order valence-electron chi connectivity index (χ0n) is 7.57. The Labute approximate surface area is 72.0 Å². The number of aliphatic hydroxyl groups excluding tert-OH is 1. The van der Waals surface area contributed by atoms with E-state index in [0.717, 1.165) is 0 Å². The van der Waals surface area contributed by atoms with Crippen molar-refractivity contribution in [1.82, 2.24) is 0 Å². The summed E-state index contributed by atoms with van der Waals surface area (Å²) in [7, 11) is 0. The largest absolute Gasteiger partial charge is 0.382 e. The minimum absolute atomic E-state index is 0.274. The zero-order valence-corrected chi connectivity index (χ0v) is 7.57. The van der Waals surface area contributed by atoms with Crippen LogP contribution in [-0.2, 0) is 9.53 Å². The number of ether oxygens (including phenoxy) is 1. The molecule has 0 aliphatic heterocycles. The smallest absolute Gasteiger partial charge is 0.186 e. The van der Waals surface area contributed by atoms with Crippen molar-refractivity contribution in [3.05, 3.63) is 12.2 Å². The van der Waals surface area contributed by atoms with Gasteiger partial charge in [-0.15, -0.1) is 0 Å². The van der Waals surface area contributed by atoms with E-state index < -0.39 is 12.2 Å². The quantitative estimate of drug-likeness (QED) is 0.629. The SMILES string of the molecule is CC(C)(C)O[C@H]1C=CC(=O)[C@@H]1O. The van der Waals surface area contributed by atoms with Crippen LogP contribution in [0.2, 0.25) is 0 Å². The lowest BCUT2D eigenvalue weighted by molar-refractivity contribution is -0.132. The van der Waals surface area contributed by atoms with Crippen molar-refractivity contribution in [2.24, 2.45) is 0 Å². The van der Waals surface area contributed by atoms with Gasteiger partial charge in [0.2, 0.25) is 0 Å². The first-order valence-corrected chi connectivity index (χ1v) is 3.98. The van der Waals surface area contributed by atoms with Crippen molar-refractivity contribution < 1.29 is 14.6 Å². The molecule has 1 aliphatic rings. The normalized spacial score (nSPS) is 29.8. The van der Waals surface area contributed by atoms with Gasteiger partial charge in [-0.25, -0.2) is 0 Å². The summed E-state index contributed by atoms with van der Waals surface area (Å²) >= 11 is 0. The molecule has 0 aromatic carbocycles. The molecule has 2 atom stereocenters. The fourth-order valence-electron chi connectivity index (χ4n) is 1.07. The number of hydrogen-bond donors (Lipinski definition) is 1. The van der Waals surface area contributed by atoms with Crippen LogP contribution in [0.25, 0.3) is 0 Å². The van der Waals surface area contributed by atoms with Crippen molar-refractivity contribution in [2.75, 3.05) is 0 Å². The van der Waals surface area contributed by atoms with Crippen LogP contribution in [-0.4, -0.2) is 28.7 Å². The van der Waals surface area contributed by atoms with E-state index in [0.29, 0.717) is 0 Å². The van der Waals surface area contributed by atoms with Crippen LogP contribution in [0.15, 0.2) is 12.2 Å². The van der Waals surface area contributed by atoms with E-state index in [-0.39, 0.29) is 11.4 Å². The van der Waals surface area contributed by atoms with Gasteiger partial charge in [0.05, 0.1) is 5.60 Å². The molecule has 0 radical (unpaired) electrons. The molecular formula is C9H14O3. The monoisotopic (exact) mass is 170 g/mol. The number of ketones is 1. The molecular weight excluding hydrogens is 156 g/mol. The van der Waals surface area contributed by atoms with Crippen LogP contribution >= 0.6 is 0 Å². The highest BCUT2D eigenvalue weighted by atomic mass is 16.5. The number of carbonyl (C=O) groups is 1. The van der Waals surface area contributed by atoms with Crippen LogP contribution in [0.5, 0.6) is 0 Å². The molecule has 0 bridgehead atoms. The van der Waals surface area contributed by atoms with Gasteiger partial charge < -0.3 is 9.84 Å². The summed E-state index contributed by atoms with van der Waals surface area (Å²) in [6.45, 7) is 5.66. The van der Waals surface area contributed by atoms with Crippen molar-refractivity contribution in [2.45, 2.75) is 38.6 Å². The molecule has 0 amide bonds. The number of rotatable bonds is 1. The Morgan fingerprint density at radius 2 is 2.08 bits per heavy atom. The Kier molecular flexibility index (Phi) is 2.35. The predicted molar refractivity (Wildman–Crippen MR) is 44.8 cm³/mol. The second kappa shape index (κ2) is 2.99. The summed E-state index contributed by atoms with van der Waals surface area (Å²) in [5, 5.41) is 9.28. The molecule has 1 rings (SSSR count). The van der Waals surface area contributed by atoms with Gasteiger partial charge in [0.1, 0.15) is 12.2 Å². The highest BCUT2D eigenvalue weighted by Crippen LogP contribution is 2.18. The lowest BCUT2D eigenvalue weighted by Gasteiger charge is -2.25. The van der Waals surface area contributed by atoms with Crippen molar-refractivity contribution in [3.63, 3.8) is 0 Å². The standard InChI is InChI=1S/C9H14O3/c1-9(2,3)12-7-5-4-6(10)8(7)11/h4-5,7-8,11H,1-3H3/t7-,8-/m0/s1. The maximum absolute atomic E-state index is 10.9. The summed E-state index contributed by atoms with van der Waals surface area (Å²) in [6.07, 6.45) is 1.47. The molecule has 0 spiro atoms. The highest BCUT2D eigenvalue weighted by Gasteiger charge is 2.31. The highest BCUT2D eigenvalue weighted by molar-refractivity contribution is 5.96. The molecule has 0 aromatic heterocycles. The van der Waals surface area contributed by atoms with Gasteiger partial charge in [0.25, 0.3) is 0 Å². The van der Waals surface area contributed by atoms with Crippen molar-refractivity contribution >= 4 is 5.78 Å². The second-order valence-electron chi connectivity index (χ2n) is 3.90. The Hall–Kier alpha value is -0.670. The molecule has 3 nitrogen and oxygen atoms in total. The molecule has 12 heavy (non-hydrogen) atoms. The second-order valence-corrected chi connectivity index (χ2v) is 3.90. The lowest BCUT2D eigenvalue weighted by atomic mass is 10.1. The lowest BCUT2D eigenvalue weighted by Crippen LogP contribution is -2.35. The van der Waals surface area contributed by atoms with E-state index in [1.165, 1.54) is 6.08 Å². The van der Waals surface area contributed by atoms with Gasteiger partial charge in [-0.1, -0.05) is 0 Å². The average Bonchev–Trinajstić information content (AvgIpc) is 2.16. The molecule has 0 saturated heterocycles. The molecule has 0 unspecified atom stereocenters. The van der Waals surface area contributed by atoms with Crippen molar-refractivity contribution in [3.8, 4) is 0 Å². The van der Waals surface area contributed by atoms with Crippen LogP contribution in [0.3, 0.4) is 0 Å². The first-order valence-electron chi connectivity index (χ1n) is 3.98. The van der Waals surface area contributed by atoms with Gasteiger partial charge >= 0.3 is 0 Å². The third-order valence-electron chi connectivity index (χ3n) is 1.54. The van der Waals surface area contributed by atoms with Crippen LogP contribution in [0, 0.1) is 0 Å². The summed E-state index contributed by atoms with van der Waals surface area (Å²) < 4.78 is 5.42. The zero-order chi connectivity index (χ0) is 9.35. The minimum atomic E-state index is -1.01. The van der Waals surface area contributed by atoms with E-state index in [1.54, 1.807) is 6.08 Å². The van der Waals surface area contributed by atoms with Crippen LogP contribution in [0.1, 0.15) is 20.8 Å². The average molecular weight is 170 g/mol. The number of hydrogen-bond acceptors (Lipinski definition) is 3. The third-order valence-corrected chi connectivity index (χ3v) is 1.54.